The van der Waals surface area contributed by atoms with Crippen molar-refractivity contribution >= 4 is 5.96 Å². The van der Waals surface area contributed by atoms with Crippen LogP contribution in [0.1, 0.15) is 13.8 Å². The molecular weight excluding hydrogens is 116 g/mol. The zero-order chi connectivity index (χ0) is 6.91. The molecule has 0 spiro atoms. The van der Waals surface area contributed by atoms with Crippen LogP contribution in [0.2, 0.25) is 0 Å². The Labute approximate surface area is 54.7 Å². The fourth-order valence-corrected chi connectivity index (χ4v) is 0.686. The molecule has 1 aliphatic heterocycles. The van der Waals surface area contributed by atoms with Gasteiger partial charge in [0.2, 0.25) is 5.96 Å². The molecule has 52 valence electrons. The third-order valence-electron chi connectivity index (χ3n) is 1.15. The van der Waals surface area contributed by atoms with Gasteiger partial charge in [0, 0.05) is 7.05 Å². The van der Waals surface area contributed by atoms with Crippen LogP contribution < -0.4 is 16.2 Å². The van der Waals surface area contributed by atoms with Gasteiger partial charge in [0.15, 0.2) is 0 Å². The lowest BCUT2D eigenvalue weighted by molar-refractivity contribution is 0.396. The maximum Gasteiger partial charge on any atom is 0.207 e. The van der Waals surface area contributed by atoms with Gasteiger partial charge in [0.1, 0.15) is 5.66 Å². The lowest BCUT2D eigenvalue weighted by Crippen LogP contribution is -2.44. The Morgan fingerprint density at radius 3 is 2.33 bits per heavy atom. The number of hydrogen-bond acceptors (Lipinski definition) is 2. The molecule has 1 saturated heterocycles. The van der Waals surface area contributed by atoms with Crippen LogP contribution in [0.3, 0.4) is 0 Å². The van der Waals surface area contributed by atoms with E-state index in [1.54, 1.807) is 7.05 Å². The summed E-state index contributed by atoms with van der Waals surface area (Å²) in [6.45, 7) is 4.05. The van der Waals surface area contributed by atoms with Gasteiger partial charge in [-0.15, -0.1) is 0 Å². The molecule has 0 bridgehead atoms. The van der Waals surface area contributed by atoms with E-state index in [1.165, 1.54) is 0 Å². The lowest BCUT2D eigenvalue weighted by atomic mass is 10.3. The first-order chi connectivity index (χ1) is 4.14. The number of aliphatic imine (C=N–C) groups is 1. The Hall–Kier alpha value is -0.770. The highest BCUT2D eigenvalue weighted by molar-refractivity contribution is 5.81. The molecule has 1 rings (SSSR count). The average Bonchev–Trinajstić information content (AvgIpc) is 2.10. The molecule has 0 radical (unpaired) electrons. The summed E-state index contributed by atoms with van der Waals surface area (Å²) in [5, 5.41) is 3.11. The van der Waals surface area contributed by atoms with E-state index >= 15 is 0 Å². The molecule has 0 amide bonds. The van der Waals surface area contributed by atoms with E-state index < -0.39 is 0 Å². The van der Waals surface area contributed by atoms with Crippen LogP contribution in [0.4, 0.5) is 0 Å². The minimum Gasteiger partial charge on any atom is -0.336 e. The van der Waals surface area contributed by atoms with E-state index in [-0.39, 0.29) is 5.66 Å². The Morgan fingerprint density at radius 1 is 1.44 bits per heavy atom. The highest BCUT2D eigenvalue weighted by Crippen LogP contribution is 1.97. The third kappa shape index (κ3) is 1.32. The second-order valence-corrected chi connectivity index (χ2v) is 2.57. The van der Waals surface area contributed by atoms with Crippen LogP contribution in [-0.2, 0) is 0 Å². The van der Waals surface area contributed by atoms with Gasteiger partial charge < -0.3 is 5.32 Å². The standard InChI is InChI=1S/C5H12N4/c1-5(2)7-4(6-3)8-9-5/h9H,1-3H3,(H2,6,7,8). The second-order valence-electron chi connectivity index (χ2n) is 2.57. The van der Waals surface area contributed by atoms with Crippen LogP contribution in [0.25, 0.3) is 0 Å². The number of nitrogens with one attached hydrogen (secondary N) is 3. The van der Waals surface area contributed by atoms with Crippen molar-refractivity contribution < 1.29 is 0 Å². The van der Waals surface area contributed by atoms with Crippen molar-refractivity contribution in [3.63, 3.8) is 0 Å². The largest absolute Gasteiger partial charge is 0.336 e. The van der Waals surface area contributed by atoms with Gasteiger partial charge in [-0.3, -0.25) is 10.4 Å². The van der Waals surface area contributed by atoms with Crippen molar-refractivity contribution in [2.45, 2.75) is 19.5 Å². The third-order valence-corrected chi connectivity index (χ3v) is 1.15. The molecule has 0 atom stereocenters. The van der Waals surface area contributed by atoms with Gasteiger partial charge in [-0.2, -0.15) is 0 Å². The van der Waals surface area contributed by atoms with Gasteiger partial charge >= 0.3 is 0 Å². The van der Waals surface area contributed by atoms with E-state index in [9.17, 15) is 0 Å². The van der Waals surface area contributed by atoms with Crippen molar-refractivity contribution in [2.75, 3.05) is 7.05 Å². The summed E-state index contributed by atoms with van der Waals surface area (Å²) in [6.07, 6.45) is 0. The van der Waals surface area contributed by atoms with Crippen molar-refractivity contribution in [1.29, 1.82) is 0 Å². The van der Waals surface area contributed by atoms with E-state index in [0.29, 0.717) is 0 Å². The molecule has 0 aromatic carbocycles. The molecule has 3 N–H and O–H groups in total. The summed E-state index contributed by atoms with van der Waals surface area (Å²) in [6, 6.07) is 0. The molecule has 0 aromatic heterocycles. The maximum atomic E-state index is 3.92. The predicted molar refractivity (Wildman–Crippen MR) is 36.8 cm³/mol. The monoisotopic (exact) mass is 128 g/mol. The molecule has 0 aliphatic carbocycles. The van der Waals surface area contributed by atoms with Crippen LogP contribution in [0.5, 0.6) is 0 Å². The Balaban J connectivity index is 2.57. The minimum atomic E-state index is -0.0746. The first-order valence-corrected chi connectivity index (χ1v) is 2.92. The van der Waals surface area contributed by atoms with Gasteiger partial charge in [0.05, 0.1) is 0 Å². The minimum absolute atomic E-state index is 0.0746. The summed E-state index contributed by atoms with van der Waals surface area (Å²) >= 11 is 0. The maximum absolute atomic E-state index is 3.92. The smallest absolute Gasteiger partial charge is 0.207 e. The van der Waals surface area contributed by atoms with E-state index in [1.807, 2.05) is 13.8 Å². The number of hydrogen-bond donors (Lipinski definition) is 3. The van der Waals surface area contributed by atoms with E-state index in [2.05, 4.69) is 21.2 Å². The average molecular weight is 128 g/mol. The number of nitrogens with zero attached hydrogens (tertiary/aromatic N) is 1. The number of guanidine groups is 1. The van der Waals surface area contributed by atoms with E-state index in [4.69, 9.17) is 0 Å². The molecular formula is C5H12N4. The molecule has 4 nitrogen and oxygen atoms in total. The highest BCUT2D eigenvalue weighted by Gasteiger charge is 2.24. The molecule has 1 heterocycles. The quantitative estimate of drug-likeness (QED) is 0.408. The van der Waals surface area contributed by atoms with Crippen LogP contribution in [0.15, 0.2) is 4.99 Å². The predicted octanol–water partition coefficient (Wildman–Crippen LogP) is -0.594. The summed E-state index contributed by atoms with van der Waals surface area (Å²) in [5.41, 5.74) is 5.82. The zero-order valence-corrected chi connectivity index (χ0v) is 5.95. The fourth-order valence-electron chi connectivity index (χ4n) is 0.686. The van der Waals surface area contributed by atoms with Crippen molar-refractivity contribution in [1.82, 2.24) is 16.2 Å². The molecule has 0 unspecified atom stereocenters. The molecule has 0 aromatic rings. The summed E-state index contributed by atoms with van der Waals surface area (Å²) in [7, 11) is 1.73. The van der Waals surface area contributed by atoms with Crippen LogP contribution in [0, 0.1) is 0 Å². The first kappa shape index (κ1) is 6.35. The molecule has 0 saturated carbocycles. The van der Waals surface area contributed by atoms with Gasteiger partial charge in [-0.05, 0) is 13.8 Å². The first-order valence-electron chi connectivity index (χ1n) is 2.92. The van der Waals surface area contributed by atoms with Gasteiger partial charge in [-0.25, -0.2) is 5.43 Å². The SMILES string of the molecule is CN=C1NNC(C)(C)N1. The second kappa shape index (κ2) is 1.88. The topological polar surface area (TPSA) is 48.5 Å². The Kier molecular flexibility index (Phi) is 1.32. The summed E-state index contributed by atoms with van der Waals surface area (Å²) in [5.74, 6) is 0.792. The van der Waals surface area contributed by atoms with Gasteiger partial charge in [0.25, 0.3) is 0 Å². The highest BCUT2D eigenvalue weighted by atomic mass is 15.6. The van der Waals surface area contributed by atoms with Crippen LogP contribution >= 0.6 is 0 Å². The van der Waals surface area contributed by atoms with Crippen molar-refractivity contribution in [3.8, 4) is 0 Å². The Bertz CT molecular complexity index is 138. The molecule has 4 heteroatoms. The number of hydrazine groups is 1. The lowest BCUT2D eigenvalue weighted by Gasteiger charge is -2.15. The van der Waals surface area contributed by atoms with Crippen LogP contribution in [-0.4, -0.2) is 18.7 Å². The molecule has 1 fully saturated rings. The zero-order valence-electron chi connectivity index (χ0n) is 5.95. The number of rotatable bonds is 0. The van der Waals surface area contributed by atoms with Crippen molar-refractivity contribution in [3.05, 3.63) is 0 Å². The van der Waals surface area contributed by atoms with Crippen molar-refractivity contribution in [2.24, 2.45) is 4.99 Å². The summed E-state index contributed by atoms with van der Waals surface area (Å²) in [4.78, 5) is 3.92. The fraction of sp³-hybridized carbons (Fsp3) is 0.800. The summed E-state index contributed by atoms with van der Waals surface area (Å²) < 4.78 is 0. The Morgan fingerprint density at radius 2 is 2.11 bits per heavy atom. The molecule has 9 heavy (non-hydrogen) atoms. The van der Waals surface area contributed by atoms with Gasteiger partial charge in [-0.1, -0.05) is 0 Å². The normalized spacial score (nSPS) is 27.7. The van der Waals surface area contributed by atoms with E-state index in [0.717, 1.165) is 5.96 Å². The molecule has 1 aliphatic rings.